The van der Waals surface area contributed by atoms with Crippen LogP contribution in [0.2, 0.25) is 0 Å². The summed E-state index contributed by atoms with van der Waals surface area (Å²) < 4.78 is 0.957. The van der Waals surface area contributed by atoms with Gasteiger partial charge in [0.1, 0.15) is 16.1 Å². The SMILES string of the molecule is Cc1ccc(NC(=O)CSc2ncnc3nc(N4CCSCC4)sc23)cc1. The number of anilines is 2. The van der Waals surface area contributed by atoms with Crippen LogP contribution in [-0.4, -0.2) is 51.2 Å². The Morgan fingerprint density at radius 1 is 1.22 bits per heavy atom. The molecule has 140 valence electrons. The van der Waals surface area contributed by atoms with Gasteiger partial charge in [0.05, 0.1) is 5.75 Å². The number of aryl methyl sites for hydroxylation is 1. The van der Waals surface area contributed by atoms with Crippen molar-refractivity contribution in [3.8, 4) is 0 Å². The molecule has 6 nitrogen and oxygen atoms in total. The Balaban J connectivity index is 1.44. The summed E-state index contributed by atoms with van der Waals surface area (Å²) in [5.74, 6) is 2.51. The summed E-state index contributed by atoms with van der Waals surface area (Å²) in [5, 5.41) is 4.73. The first-order chi connectivity index (χ1) is 13.2. The Labute approximate surface area is 170 Å². The molecule has 1 aliphatic rings. The van der Waals surface area contributed by atoms with E-state index in [0.29, 0.717) is 11.4 Å². The van der Waals surface area contributed by atoms with Gasteiger partial charge in [-0.3, -0.25) is 4.79 Å². The smallest absolute Gasteiger partial charge is 0.234 e. The minimum atomic E-state index is -0.0478. The van der Waals surface area contributed by atoms with Gasteiger partial charge in [-0.25, -0.2) is 9.97 Å². The molecule has 0 saturated carbocycles. The minimum Gasteiger partial charge on any atom is -0.346 e. The Bertz CT molecular complexity index is 938. The molecule has 1 aromatic carbocycles. The van der Waals surface area contributed by atoms with Crippen molar-refractivity contribution in [2.45, 2.75) is 11.9 Å². The normalized spacial score (nSPS) is 14.5. The number of amides is 1. The molecule has 4 rings (SSSR count). The van der Waals surface area contributed by atoms with Gasteiger partial charge in [0, 0.05) is 30.3 Å². The third-order valence-electron chi connectivity index (χ3n) is 4.10. The highest BCUT2D eigenvalue weighted by Gasteiger charge is 2.18. The van der Waals surface area contributed by atoms with E-state index in [1.54, 1.807) is 11.3 Å². The number of fused-ring (bicyclic) bond motifs is 1. The quantitative estimate of drug-likeness (QED) is 0.501. The van der Waals surface area contributed by atoms with E-state index >= 15 is 0 Å². The zero-order valence-electron chi connectivity index (χ0n) is 14.8. The molecule has 3 aromatic rings. The molecule has 0 atom stereocenters. The van der Waals surface area contributed by atoms with Gasteiger partial charge in [-0.15, -0.1) is 0 Å². The van der Waals surface area contributed by atoms with Gasteiger partial charge in [-0.05, 0) is 19.1 Å². The van der Waals surface area contributed by atoms with E-state index in [1.807, 2.05) is 43.0 Å². The molecular weight excluding hydrogens is 398 g/mol. The number of carbonyl (C=O) groups excluding carboxylic acids is 1. The monoisotopic (exact) mass is 417 g/mol. The largest absolute Gasteiger partial charge is 0.346 e. The number of nitrogens with zero attached hydrogens (tertiary/aromatic N) is 4. The molecule has 0 aliphatic carbocycles. The summed E-state index contributed by atoms with van der Waals surface area (Å²) in [6.45, 7) is 4.05. The van der Waals surface area contributed by atoms with Crippen LogP contribution in [0.3, 0.4) is 0 Å². The van der Waals surface area contributed by atoms with Crippen LogP contribution in [0.4, 0.5) is 10.8 Å². The molecule has 3 heterocycles. The maximum Gasteiger partial charge on any atom is 0.234 e. The third-order valence-corrected chi connectivity index (χ3v) is 7.28. The standard InChI is InChI=1S/C18H19N5OS3/c1-12-2-4-13(5-3-12)21-14(24)10-26-17-15-16(19-11-20-17)22-18(27-15)23-6-8-25-9-7-23/h2-5,11H,6-10H2,1H3,(H,21,24). The molecule has 0 radical (unpaired) electrons. The number of carbonyl (C=O) groups is 1. The molecule has 1 fully saturated rings. The fourth-order valence-corrected chi connectivity index (χ4v) is 5.53. The van der Waals surface area contributed by atoms with Crippen LogP contribution in [-0.2, 0) is 4.79 Å². The molecule has 9 heteroatoms. The van der Waals surface area contributed by atoms with E-state index in [2.05, 4.69) is 25.2 Å². The number of hydrogen-bond acceptors (Lipinski definition) is 8. The van der Waals surface area contributed by atoms with Crippen molar-refractivity contribution in [1.82, 2.24) is 15.0 Å². The van der Waals surface area contributed by atoms with Crippen molar-refractivity contribution >= 4 is 61.9 Å². The highest BCUT2D eigenvalue weighted by atomic mass is 32.2. The fraction of sp³-hybridized carbons (Fsp3) is 0.333. The number of thiazole rings is 1. The van der Waals surface area contributed by atoms with Gasteiger partial charge < -0.3 is 10.2 Å². The highest BCUT2D eigenvalue weighted by Crippen LogP contribution is 2.34. The Kier molecular flexibility index (Phi) is 5.80. The van der Waals surface area contributed by atoms with Crippen LogP contribution in [0.5, 0.6) is 0 Å². The van der Waals surface area contributed by atoms with E-state index in [0.717, 1.165) is 45.1 Å². The van der Waals surface area contributed by atoms with Crippen LogP contribution in [0.1, 0.15) is 5.56 Å². The predicted octanol–water partition coefficient (Wildman–Crippen LogP) is 3.68. The summed E-state index contributed by atoms with van der Waals surface area (Å²) >= 11 is 5.02. The van der Waals surface area contributed by atoms with Gasteiger partial charge in [-0.2, -0.15) is 16.7 Å². The van der Waals surface area contributed by atoms with Gasteiger partial charge in [0.25, 0.3) is 0 Å². The number of nitrogens with one attached hydrogen (secondary N) is 1. The van der Waals surface area contributed by atoms with E-state index in [4.69, 9.17) is 0 Å². The lowest BCUT2D eigenvalue weighted by Gasteiger charge is -2.25. The van der Waals surface area contributed by atoms with Crippen molar-refractivity contribution in [1.29, 1.82) is 0 Å². The second-order valence-corrected chi connectivity index (χ2v) is 9.30. The van der Waals surface area contributed by atoms with Crippen molar-refractivity contribution < 1.29 is 4.79 Å². The van der Waals surface area contributed by atoms with Crippen LogP contribution >= 0.6 is 34.9 Å². The molecular formula is C18H19N5OS3. The molecule has 1 N–H and O–H groups in total. The van der Waals surface area contributed by atoms with Gasteiger partial charge >= 0.3 is 0 Å². The third kappa shape index (κ3) is 4.53. The molecule has 1 amide bonds. The number of benzene rings is 1. The summed E-state index contributed by atoms with van der Waals surface area (Å²) in [5.41, 5.74) is 2.69. The first-order valence-corrected chi connectivity index (χ1v) is 11.6. The topological polar surface area (TPSA) is 71.0 Å². The van der Waals surface area contributed by atoms with E-state index in [1.165, 1.54) is 23.7 Å². The van der Waals surface area contributed by atoms with Crippen LogP contribution < -0.4 is 10.2 Å². The molecule has 0 bridgehead atoms. The van der Waals surface area contributed by atoms with E-state index < -0.39 is 0 Å². The molecule has 27 heavy (non-hydrogen) atoms. The molecule has 1 saturated heterocycles. The fourth-order valence-electron chi connectivity index (χ4n) is 2.68. The summed E-state index contributed by atoms with van der Waals surface area (Å²) in [4.78, 5) is 27.9. The van der Waals surface area contributed by atoms with Crippen molar-refractivity contribution in [2.75, 3.05) is 40.6 Å². The van der Waals surface area contributed by atoms with Crippen LogP contribution in [0.15, 0.2) is 35.6 Å². The van der Waals surface area contributed by atoms with Gasteiger partial charge in [0.15, 0.2) is 10.8 Å². The number of rotatable bonds is 5. The molecule has 0 spiro atoms. The predicted molar refractivity (Wildman–Crippen MR) is 115 cm³/mol. The highest BCUT2D eigenvalue weighted by molar-refractivity contribution is 8.00. The average molecular weight is 418 g/mol. The number of hydrogen-bond donors (Lipinski definition) is 1. The number of thioether (sulfide) groups is 2. The van der Waals surface area contributed by atoms with Crippen molar-refractivity contribution in [2.24, 2.45) is 0 Å². The maximum absolute atomic E-state index is 12.3. The zero-order chi connectivity index (χ0) is 18.6. The first-order valence-electron chi connectivity index (χ1n) is 8.62. The van der Waals surface area contributed by atoms with Crippen LogP contribution in [0.25, 0.3) is 10.3 Å². The summed E-state index contributed by atoms with van der Waals surface area (Å²) in [6.07, 6.45) is 1.53. The minimum absolute atomic E-state index is 0.0478. The summed E-state index contributed by atoms with van der Waals surface area (Å²) in [7, 11) is 0. The zero-order valence-corrected chi connectivity index (χ0v) is 17.3. The Morgan fingerprint density at radius 2 is 2.00 bits per heavy atom. The molecule has 1 aliphatic heterocycles. The average Bonchev–Trinajstić information content (AvgIpc) is 3.14. The van der Waals surface area contributed by atoms with E-state index in [9.17, 15) is 4.79 Å². The molecule has 2 aromatic heterocycles. The van der Waals surface area contributed by atoms with Crippen molar-refractivity contribution in [3.05, 3.63) is 36.2 Å². The van der Waals surface area contributed by atoms with Crippen LogP contribution in [0, 0.1) is 6.92 Å². The lowest BCUT2D eigenvalue weighted by atomic mass is 10.2. The van der Waals surface area contributed by atoms with Gasteiger partial charge in [-0.1, -0.05) is 40.8 Å². The van der Waals surface area contributed by atoms with Gasteiger partial charge in [0.2, 0.25) is 5.91 Å². The summed E-state index contributed by atoms with van der Waals surface area (Å²) in [6, 6.07) is 7.78. The second kappa shape index (κ2) is 8.45. The molecule has 0 unspecified atom stereocenters. The lowest BCUT2D eigenvalue weighted by molar-refractivity contribution is -0.113. The van der Waals surface area contributed by atoms with Crippen molar-refractivity contribution in [3.63, 3.8) is 0 Å². The second-order valence-electron chi connectivity index (χ2n) is 6.13. The first kappa shape index (κ1) is 18.5. The van der Waals surface area contributed by atoms with E-state index in [-0.39, 0.29) is 5.91 Å². The maximum atomic E-state index is 12.3. The lowest BCUT2D eigenvalue weighted by Crippen LogP contribution is -2.32. The number of aromatic nitrogens is 3. The Hall–Kier alpha value is -1.84. The Morgan fingerprint density at radius 3 is 2.78 bits per heavy atom.